The van der Waals surface area contributed by atoms with Crippen LogP contribution in [0.4, 0.5) is 0 Å². The van der Waals surface area contributed by atoms with Crippen molar-refractivity contribution in [3.8, 4) is 22.6 Å². The highest BCUT2D eigenvalue weighted by molar-refractivity contribution is 6.21. The van der Waals surface area contributed by atoms with Gasteiger partial charge in [-0.1, -0.05) is 72.8 Å². The molecule has 0 unspecified atom stereocenters. The number of carbonyl (C=O) groups excluding carboxylic acids is 2. The Bertz CT molecular complexity index is 1140. The average Bonchev–Trinajstić information content (AvgIpc) is 3.34. The first-order valence-electron chi connectivity index (χ1n) is 9.78. The van der Waals surface area contributed by atoms with Gasteiger partial charge >= 0.3 is 0 Å². The minimum atomic E-state index is -0.270. The third-order valence-corrected chi connectivity index (χ3v) is 5.18. The molecule has 0 saturated carbocycles. The van der Waals surface area contributed by atoms with E-state index in [1.165, 1.54) is 4.90 Å². The summed E-state index contributed by atoms with van der Waals surface area (Å²) in [5.74, 6) is 0.630. The summed E-state index contributed by atoms with van der Waals surface area (Å²) in [6.45, 7) is 0.218. The summed E-state index contributed by atoms with van der Waals surface area (Å²) in [5.41, 5.74) is 3.52. The number of amides is 2. The van der Waals surface area contributed by atoms with E-state index >= 15 is 0 Å². The predicted molar refractivity (Wildman–Crippen MR) is 113 cm³/mol. The second kappa shape index (κ2) is 7.44. The molecule has 5 heteroatoms. The van der Waals surface area contributed by atoms with Crippen LogP contribution in [-0.4, -0.2) is 28.2 Å². The van der Waals surface area contributed by atoms with Crippen LogP contribution >= 0.6 is 0 Å². The van der Waals surface area contributed by atoms with Gasteiger partial charge in [0.05, 0.1) is 11.1 Å². The minimum absolute atomic E-state index is 0.218. The fourth-order valence-corrected chi connectivity index (χ4v) is 3.70. The van der Waals surface area contributed by atoms with E-state index in [0.717, 1.165) is 16.8 Å². The Hall–Kier alpha value is -3.99. The van der Waals surface area contributed by atoms with Gasteiger partial charge in [0.1, 0.15) is 5.69 Å². The highest BCUT2D eigenvalue weighted by Crippen LogP contribution is 2.33. The molecule has 0 aliphatic carbocycles. The van der Waals surface area contributed by atoms with E-state index in [2.05, 4.69) is 0 Å². The quantitative estimate of drug-likeness (QED) is 0.454. The van der Waals surface area contributed by atoms with Crippen LogP contribution in [0.15, 0.2) is 89.3 Å². The molecule has 5 rings (SSSR count). The largest absolute Gasteiger partial charge is 0.440 e. The normalized spacial score (nSPS) is 13.0. The zero-order valence-electron chi connectivity index (χ0n) is 16.1. The Morgan fingerprint density at radius 3 is 1.83 bits per heavy atom. The summed E-state index contributed by atoms with van der Waals surface area (Å²) in [7, 11) is 0. The Morgan fingerprint density at radius 1 is 0.700 bits per heavy atom. The van der Waals surface area contributed by atoms with Crippen LogP contribution in [-0.2, 0) is 6.42 Å². The summed E-state index contributed by atoms with van der Waals surface area (Å²) < 4.78 is 6.10. The molecule has 4 aromatic rings. The molecule has 0 saturated heterocycles. The SMILES string of the molecule is O=C1c2ccccc2C(=O)N1CCc1nc(-c2ccccc2)c(-c2ccccc2)o1. The van der Waals surface area contributed by atoms with E-state index in [1.54, 1.807) is 24.3 Å². The number of nitrogens with zero attached hydrogens (tertiary/aromatic N) is 2. The number of benzene rings is 3. The molecule has 5 nitrogen and oxygen atoms in total. The molecule has 2 amide bonds. The standard InChI is InChI=1S/C25H18N2O3/c28-24-19-13-7-8-14-20(19)25(29)27(24)16-15-21-26-22(17-9-3-1-4-10-17)23(30-21)18-11-5-2-6-12-18/h1-14H,15-16H2. The van der Waals surface area contributed by atoms with Crippen LogP contribution in [0.3, 0.4) is 0 Å². The lowest BCUT2D eigenvalue weighted by atomic mass is 10.1. The molecule has 1 aliphatic rings. The fourth-order valence-electron chi connectivity index (χ4n) is 3.70. The molecule has 0 spiro atoms. The second-order valence-corrected chi connectivity index (χ2v) is 7.07. The maximum Gasteiger partial charge on any atom is 0.261 e. The number of rotatable bonds is 5. The van der Waals surface area contributed by atoms with Crippen LogP contribution in [0.1, 0.15) is 26.6 Å². The lowest BCUT2D eigenvalue weighted by Crippen LogP contribution is -2.31. The zero-order chi connectivity index (χ0) is 20.5. The van der Waals surface area contributed by atoms with Gasteiger partial charge in [0.2, 0.25) is 0 Å². The number of hydrogen-bond acceptors (Lipinski definition) is 4. The molecule has 1 aromatic heterocycles. The average molecular weight is 394 g/mol. The molecule has 30 heavy (non-hydrogen) atoms. The summed E-state index contributed by atoms with van der Waals surface area (Å²) >= 11 is 0. The number of carbonyl (C=O) groups is 2. The molecular weight excluding hydrogens is 376 g/mol. The second-order valence-electron chi connectivity index (χ2n) is 7.07. The van der Waals surface area contributed by atoms with E-state index < -0.39 is 0 Å². The van der Waals surface area contributed by atoms with Crippen LogP contribution < -0.4 is 0 Å². The molecule has 0 N–H and O–H groups in total. The van der Waals surface area contributed by atoms with Crippen molar-refractivity contribution >= 4 is 11.8 Å². The van der Waals surface area contributed by atoms with Gasteiger partial charge in [0.15, 0.2) is 11.7 Å². The van der Waals surface area contributed by atoms with Gasteiger partial charge in [-0.15, -0.1) is 0 Å². The molecule has 1 aliphatic heterocycles. The van der Waals surface area contributed by atoms with Crippen LogP contribution in [0, 0.1) is 0 Å². The maximum absolute atomic E-state index is 12.6. The smallest absolute Gasteiger partial charge is 0.261 e. The van der Waals surface area contributed by atoms with Gasteiger partial charge in [-0.2, -0.15) is 0 Å². The predicted octanol–water partition coefficient (Wildman–Crippen LogP) is 4.85. The van der Waals surface area contributed by atoms with Gasteiger partial charge in [-0.05, 0) is 12.1 Å². The highest BCUT2D eigenvalue weighted by atomic mass is 16.4. The zero-order valence-corrected chi connectivity index (χ0v) is 16.1. The van der Waals surface area contributed by atoms with E-state index in [0.29, 0.717) is 29.2 Å². The first-order chi connectivity index (χ1) is 14.7. The molecule has 0 bridgehead atoms. The van der Waals surface area contributed by atoms with Crippen molar-refractivity contribution in [3.05, 3.63) is 102 Å². The van der Waals surface area contributed by atoms with E-state index in [-0.39, 0.29) is 18.4 Å². The van der Waals surface area contributed by atoms with Crippen molar-refractivity contribution in [3.63, 3.8) is 0 Å². The van der Waals surface area contributed by atoms with Crippen molar-refractivity contribution in [1.82, 2.24) is 9.88 Å². The number of oxazole rings is 1. The van der Waals surface area contributed by atoms with Crippen molar-refractivity contribution in [2.24, 2.45) is 0 Å². The van der Waals surface area contributed by atoms with Crippen LogP contribution in [0.25, 0.3) is 22.6 Å². The van der Waals surface area contributed by atoms with Gasteiger partial charge < -0.3 is 4.42 Å². The lowest BCUT2D eigenvalue weighted by Gasteiger charge is -2.11. The number of aromatic nitrogens is 1. The maximum atomic E-state index is 12.6. The summed E-state index contributed by atoms with van der Waals surface area (Å²) in [6.07, 6.45) is 0.345. The van der Waals surface area contributed by atoms with Crippen LogP contribution in [0.5, 0.6) is 0 Å². The third-order valence-electron chi connectivity index (χ3n) is 5.18. The van der Waals surface area contributed by atoms with Crippen molar-refractivity contribution in [1.29, 1.82) is 0 Å². The minimum Gasteiger partial charge on any atom is -0.440 e. The van der Waals surface area contributed by atoms with Gasteiger partial charge in [-0.25, -0.2) is 4.98 Å². The van der Waals surface area contributed by atoms with E-state index in [4.69, 9.17) is 9.40 Å². The van der Waals surface area contributed by atoms with Gasteiger partial charge in [0.25, 0.3) is 11.8 Å². The molecule has 2 heterocycles. The Morgan fingerprint density at radius 2 is 1.23 bits per heavy atom. The van der Waals surface area contributed by atoms with Crippen molar-refractivity contribution < 1.29 is 14.0 Å². The Kier molecular flexibility index (Phi) is 4.48. The van der Waals surface area contributed by atoms with Crippen LogP contribution in [0.2, 0.25) is 0 Å². The fraction of sp³-hybridized carbons (Fsp3) is 0.0800. The summed E-state index contributed by atoms with van der Waals surface area (Å²) in [5, 5.41) is 0. The van der Waals surface area contributed by atoms with Gasteiger partial charge in [0, 0.05) is 24.1 Å². The molecule has 0 fully saturated rings. The lowest BCUT2D eigenvalue weighted by molar-refractivity contribution is 0.0654. The number of fused-ring (bicyclic) bond motifs is 1. The Balaban J connectivity index is 1.44. The monoisotopic (exact) mass is 394 g/mol. The Labute approximate surface area is 173 Å². The number of hydrogen-bond donors (Lipinski definition) is 0. The summed E-state index contributed by atoms with van der Waals surface area (Å²) in [4.78, 5) is 31.2. The first-order valence-corrected chi connectivity index (χ1v) is 9.78. The molecular formula is C25H18N2O3. The van der Waals surface area contributed by atoms with Crippen molar-refractivity contribution in [2.75, 3.05) is 6.54 Å². The third kappa shape index (κ3) is 3.10. The molecule has 0 atom stereocenters. The molecule has 0 radical (unpaired) electrons. The molecule has 3 aromatic carbocycles. The van der Waals surface area contributed by atoms with Crippen molar-refractivity contribution in [2.45, 2.75) is 6.42 Å². The molecule has 146 valence electrons. The highest BCUT2D eigenvalue weighted by Gasteiger charge is 2.35. The topological polar surface area (TPSA) is 63.4 Å². The number of imide groups is 1. The summed E-state index contributed by atoms with van der Waals surface area (Å²) in [6, 6.07) is 26.5. The van der Waals surface area contributed by atoms with E-state index in [1.807, 2.05) is 60.7 Å². The van der Waals surface area contributed by atoms with E-state index in [9.17, 15) is 9.59 Å². The van der Waals surface area contributed by atoms with Gasteiger partial charge in [-0.3, -0.25) is 14.5 Å². The first kappa shape index (κ1) is 18.1.